The molecule has 0 amide bonds. The summed E-state index contributed by atoms with van der Waals surface area (Å²) in [6, 6.07) is 12.5. The number of non-ortho nitro benzene ring substituents is 1. The minimum atomic E-state index is -0.488. The maximum absolute atomic E-state index is 12.8. The zero-order chi connectivity index (χ0) is 19.8. The predicted molar refractivity (Wildman–Crippen MR) is 99.6 cm³/mol. The van der Waals surface area contributed by atoms with Crippen LogP contribution in [0.1, 0.15) is 29.3 Å². The van der Waals surface area contributed by atoms with Gasteiger partial charge < -0.3 is 9.47 Å². The smallest absolute Gasteiger partial charge is 0.302 e. The zero-order valence-corrected chi connectivity index (χ0v) is 15.0. The largest absolute Gasteiger partial charge is 0.497 e. The maximum atomic E-state index is 12.8. The SMILES string of the molecule is COc1ccc(C(=O)/C(=C/c2ccc([N+](=O)[O-])cc2)CCOC(C)=O)cc1. The molecular weight excluding hydrogens is 350 g/mol. The first-order chi connectivity index (χ1) is 12.9. The molecule has 140 valence electrons. The third kappa shape index (κ3) is 5.78. The second-order valence-electron chi connectivity index (χ2n) is 5.67. The summed E-state index contributed by atoms with van der Waals surface area (Å²) in [6.07, 6.45) is 1.86. The lowest BCUT2D eigenvalue weighted by atomic mass is 9.98. The first-order valence-electron chi connectivity index (χ1n) is 8.18. The molecule has 0 N–H and O–H groups in total. The summed E-state index contributed by atoms with van der Waals surface area (Å²) in [6.45, 7) is 1.36. The number of nitrogens with zero attached hydrogens (tertiary/aromatic N) is 1. The van der Waals surface area contributed by atoms with Gasteiger partial charge in [0.25, 0.3) is 5.69 Å². The Balaban J connectivity index is 2.29. The van der Waals surface area contributed by atoms with E-state index in [-0.39, 0.29) is 24.5 Å². The van der Waals surface area contributed by atoms with E-state index in [1.165, 1.54) is 26.2 Å². The Hall–Kier alpha value is -3.48. The number of benzene rings is 2. The van der Waals surface area contributed by atoms with Crippen molar-refractivity contribution in [1.29, 1.82) is 0 Å². The van der Waals surface area contributed by atoms with Gasteiger partial charge in [-0.3, -0.25) is 19.7 Å². The van der Waals surface area contributed by atoms with Gasteiger partial charge in [0, 0.05) is 36.6 Å². The van der Waals surface area contributed by atoms with E-state index in [1.807, 2.05) is 0 Å². The molecule has 0 saturated heterocycles. The number of Topliss-reactive ketones (excluding diaryl/α,β-unsaturated/α-hetero) is 1. The summed E-state index contributed by atoms with van der Waals surface area (Å²) in [7, 11) is 1.54. The Labute approximate surface area is 156 Å². The van der Waals surface area contributed by atoms with E-state index in [9.17, 15) is 19.7 Å². The van der Waals surface area contributed by atoms with Crippen LogP contribution in [0, 0.1) is 10.1 Å². The van der Waals surface area contributed by atoms with Gasteiger partial charge in [-0.25, -0.2) is 0 Å². The van der Waals surface area contributed by atoms with Crippen molar-refractivity contribution in [3.05, 3.63) is 75.3 Å². The van der Waals surface area contributed by atoms with Crippen LogP contribution >= 0.6 is 0 Å². The summed E-state index contributed by atoms with van der Waals surface area (Å²) in [5.41, 5.74) is 1.50. The maximum Gasteiger partial charge on any atom is 0.302 e. The molecule has 27 heavy (non-hydrogen) atoms. The Morgan fingerprint density at radius 3 is 2.22 bits per heavy atom. The zero-order valence-electron chi connectivity index (χ0n) is 15.0. The van der Waals surface area contributed by atoms with Gasteiger partial charge in [-0.05, 0) is 48.0 Å². The Morgan fingerprint density at radius 2 is 1.70 bits per heavy atom. The minimum Gasteiger partial charge on any atom is -0.497 e. The monoisotopic (exact) mass is 369 g/mol. The van der Waals surface area contributed by atoms with Crippen LogP contribution in [-0.4, -0.2) is 30.4 Å². The molecule has 0 spiro atoms. The molecule has 0 saturated carbocycles. The molecule has 0 unspecified atom stereocenters. The molecule has 0 aliphatic rings. The number of ether oxygens (including phenoxy) is 2. The van der Waals surface area contributed by atoms with Gasteiger partial charge in [-0.2, -0.15) is 0 Å². The number of hydrogen-bond donors (Lipinski definition) is 0. The molecule has 0 atom stereocenters. The van der Waals surface area contributed by atoms with E-state index in [0.29, 0.717) is 22.4 Å². The number of methoxy groups -OCH3 is 1. The summed E-state index contributed by atoms with van der Waals surface area (Å²) >= 11 is 0. The number of esters is 1. The fourth-order valence-corrected chi connectivity index (χ4v) is 2.38. The highest BCUT2D eigenvalue weighted by Gasteiger charge is 2.14. The molecule has 2 aromatic carbocycles. The van der Waals surface area contributed by atoms with Gasteiger partial charge in [-0.15, -0.1) is 0 Å². The van der Waals surface area contributed by atoms with Crippen LogP contribution < -0.4 is 4.74 Å². The second-order valence-corrected chi connectivity index (χ2v) is 5.67. The lowest BCUT2D eigenvalue weighted by Gasteiger charge is -2.09. The second kappa shape index (κ2) is 9.28. The fraction of sp³-hybridized carbons (Fsp3) is 0.200. The standard InChI is InChI=1S/C20H19NO6/c1-14(22)27-12-11-17(13-15-3-7-18(8-4-15)21(24)25)20(23)16-5-9-19(26-2)10-6-16/h3-10,13H,11-12H2,1-2H3/b17-13+. The number of ketones is 1. The molecule has 7 heteroatoms. The molecular formula is C20H19NO6. The summed E-state index contributed by atoms with van der Waals surface area (Å²) in [5.74, 6) is -0.0166. The van der Waals surface area contributed by atoms with E-state index in [4.69, 9.17) is 9.47 Å². The minimum absolute atomic E-state index is 0.0323. The van der Waals surface area contributed by atoms with Crippen molar-refractivity contribution in [3.8, 4) is 5.75 Å². The first-order valence-corrected chi connectivity index (χ1v) is 8.18. The van der Waals surface area contributed by atoms with Crippen LogP contribution in [0.4, 0.5) is 5.69 Å². The number of rotatable bonds is 8. The van der Waals surface area contributed by atoms with Crippen LogP contribution in [0.25, 0.3) is 6.08 Å². The van der Waals surface area contributed by atoms with Crippen LogP contribution in [0.3, 0.4) is 0 Å². The molecule has 7 nitrogen and oxygen atoms in total. The molecule has 0 aromatic heterocycles. The van der Waals surface area contributed by atoms with Gasteiger partial charge in [0.15, 0.2) is 5.78 Å². The fourth-order valence-electron chi connectivity index (χ4n) is 2.38. The highest BCUT2D eigenvalue weighted by molar-refractivity contribution is 6.11. The number of carbonyl (C=O) groups is 2. The van der Waals surface area contributed by atoms with Crippen molar-refractivity contribution in [2.45, 2.75) is 13.3 Å². The highest BCUT2D eigenvalue weighted by Crippen LogP contribution is 2.20. The van der Waals surface area contributed by atoms with E-state index in [0.717, 1.165) is 0 Å². The number of hydrogen-bond acceptors (Lipinski definition) is 6. The van der Waals surface area contributed by atoms with Crippen molar-refractivity contribution >= 4 is 23.5 Å². The molecule has 0 heterocycles. The molecule has 0 bridgehead atoms. The summed E-state index contributed by atoms with van der Waals surface area (Å²) in [4.78, 5) is 34.1. The van der Waals surface area contributed by atoms with Crippen molar-refractivity contribution in [2.24, 2.45) is 0 Å². The molecule has 0 aliphatic carbocycles. The van der Waals surface area contributed by atoms with E-state index in [1.54, 1.807) is 42.5 Å². The van der Waals surface area contributed by atoms with Crippen molar-refractivity contribution in [3.63, 3.8) is 0 Å². The van der Waals surface area contributed by atoms with Crippen molar-refractivity contribution in [1.82, 2.24) is 0 Å². The van der Waals surface area contributed by atoms with Gasteiger partial charge in [0.2, 0.25) is 0 Å². The Morgan fingerprint density at radius 1 is 1.07 bits per heavy atom. The van der Waals surface area contributed by atoms with Gasteiger partial charge in [0.05, 0.1) is 18.6 Å². The van der Waals surface area contributed by atoms with E-state index in [2.05, 4.69) is 0 Å². The Bertz CT molecular complexity index is 853. The van der Waals surface area contributed by atoms with Gasteiger partial charge in [0.1, 0.15) is 5.75 Å². The van der Waals surface area contributed by atoms with Crippen LogP contribution in [0.2, 0.25) is 0 Å². The molecule has 0 aliphatic heterocycles. The summed E-state index contributed by atoms with van der Waals surface area (Å²) < 4.78 is 10.0. The lowest BCUT2D eigenvalue weighted by molar-refractivity contribution is -0.384. The molecule has 2 rings (SSSR count). The average Bonchev–Trinajstić information content (AvgIpc) is 2.67. The first kappa shape index (κ1) is 19.8. The average molecular weight is 369 g/mol. The van der Waals surface area contributed by atoms with Crippen LogP contribution in [-0.2, 0) is 9.53 Å². The molecule has 0 radical (unpaired) electrons. The van der Waals surface area contributed by atoms with Crippen LogP contribution in [0.15, 0.2) is 54.1 Å². The van der Waals surface area contributed by atoms with Crippen LogP contribution in [0.5, 0.6) is 5.75 Å². The van der Waals surface area contributed by atoms with E-state index < -0.39 is 10.9 Å². The highest BCUT2D eigenvalue weighted by atomic mass is 16.6. The predicted octanol–water partition coefficient (Wildman–Crippen LogP) is 3.82. The third-order valence-electron chi connectivity index (χ3n) is 3.77. The van der Waals surface area contributed by atoms with Crippen molar-refractivity contribution in [2.75, 3.05) is 13.7 Å². The number of nitro benzene ring substituents is 1. The Kier molecular flexibility index (Phi) is 6.82. The molecule has 2 aromatic rings. The lowest BCUT2D eigenvalue weighted by Crippen LogP contribution is -2.08. The quantitative estimate of drug-likeness (QED) is 0.231. The molecule has 0 fully saturated rings. The van der Waals surface area contributed by atoms with Gasteiger partial charge >= 0.3 is 5.97 Å². The topological polar surface area (TPSA) is 95.7 Å². The summed E-state index contributed by atoms with van der Waals surface area (Å²) in [5, 5.41) is 10.8. The van der Waals surface area contributed by atoms with E-state index >= 15 is 0 Å². The number of nitro groups is 1. The number of carbonyl (C=O) groups excluding carboxylic acids is 2. The normalized spacial score (nSPS) is 11.0. The third-order valence-corrected chi connectivity index (χ3v) is 3.77. The van der Waals surface area contributed by atoms with Crippen molar-refractivity contribution < 1.29 is 24.0 Å². The van der Waals surface area contributed by atoms with Gasteiger partial charge in [-0.1, -0.05) is 0 Å².